The zero-order valence-electron chi connectivity index (χ0n) is 8.29. The summed E-state index contributed by atoms with van der Waals surface area (Å²) in [5.41, 5.74) is 0. The summed E-state index contributed by atoms with van der Waals surface area (Å²) in [5, 5.41) is 8.34. The van der Waals surface area contributed by atoms with E-state index in [2.05, 4.69) is 0 Å². The third-order valence-electron chi connectivity index (χ3n) is 2.15. The summed E-state index contributed by atoms with van der Waals surface area (Å²) in [4.78, 5) is 21.2. The van der Waals surface area contributed by atoms with Gasteiger partial charge in [-0.2, -0.15) is 0 Å². The van der Waals surface area contributed by atoms with Crippen molar-refractivity contribution in [1.29, 1.82) is 0 Å². The second kappa shape index (κ2) is 5.62. The van der Waals surface area contributed by atoms with E-state index in [0.717, 1.165) is 40.8 Å². The molecular weight excluding hydrogens is 183 g/mol. The van der Waals surface area contributed by atoms with Crippen molar-refractivity contribution in [3.05, 3.63) is 0 Å². The Morgan fingerprint density at radius 3 is 2.15 bits per heavy atom. The van der Waals surface area contributed by atoms with Gasteiger partial charge in [0.25, 0.3) is 0 Å². The van der Waals surface area contributed by atoms with Gasteiger partial charge in [-0.15, -0.1) is 0 Å². The molecule has 0 aromatic rings. The first kappa shape index (κ1) is 12.9. The Bertz CT molecular complexity index is 198. The third kappa shape index (κ3) is 5.29. The van der Waals surface area contributed by atoms with Crippen LogP contribution in [0.1, 0.15) is 33.1 Å². The van der Waals surface area contributed by atoms with E-state index in [1.54, 1.807) is 0 Å². The van der Waals surface area contributed by atoms with Gasteiger partial charge in [0.2, 0.25) is 0 Å². The number of carboxylic acid groups (broad SMARTS) is 1. The molecule has 5 heteroatoms. The van der Waals surface area contributed by atoms with Crippen LogP contribution < -0.4 is 0 Å². The number of rotatable bonds is 5. The molecule has 4 nitrogen and oxygen atoms in total. The van der Waals surface area contributed by atoms with Crippen molar-refractivity contribution in [2.24, 2.45) is 0 Å². The number of hydrogen-bond donors (Lipinski definition) is 1. The van der Waals surface area contributed by atoms with Crippen LogP contribution in [0.2, 0.25) is 0 Å². The monoisotopic (exact) mass is 196 g/mol. The minimum absolute atomic E-state index is 0.382. The fraction of sp³-hybridized carbons (Fsp3) is 0.750. The van der Waals surface area contributed by atoms with Gasteiger partial charge in [-0.3, -0.25) is 0 Å². The quantitative estimate of drug-likeness (QED) is 0.399. The van der Waals surface area contributed by atoms with E-state index in [1.165, 1.54) is 0 Å². The standard InChI is InChI=1S/C8H13O4.Na/c1-3-6(4-2)12-8(11)5-7(9)10;/h3-5H2,1-2H3,(H,9,10);. The van der Waals surface area contributed by atoms with E-state index in [4.69, 9.17) is 9.84 Å². The summed E-state index contributed by atoms with van der Waals surface area (Å²) in [6.45, 7) is 3.87. The molecule has 13 heavy (non-hydrogen) atoms. The molecule has 0 aromatic heterocycles. The molecule has 0 aliphatic rings. The van der Waals surface area contributed by atoms with Gasteiger partial charge >= 0.3 is 95.3 Å². The summed E-state index contributed by atoms with van der Waals surface area (Å²) < 4.78 is 4.71. The molecule has 0 saturated heterocycles. The van der Waals surface area contributed by atoms with Gasteiger partial charge in [-0.05, 0) is 0 Å². The van der Waals surface area contributed by atoms with Crippen LogP contribution in [-0.4, -0.2) is 47.8 Å². The fourth-order valence-corrected chi connectivity index (χ4v) is 1.06. The van der Waals surface area contributed by atoms with E-state index in [0.29, 0.717) is 0 Å². The molecule has 0 spiro atoms. The maximum atomic E-state index is 11.0. The molecule has 0 radical (unpaired) electrons. The molecule has 0 unspecified atom stereocenters. The van der Waals surface area contributed by atoms with E-state index < -0.39 is 18.4 Å². The van der Waals surface area contributed by atoms with Crippen molar-refractivity contribution in [3.8, 4) is 0 Å². The summed E-state index contributed by atoms with van der Waals surface area (Å²) >= 11 is 0.732. The number of carboxylic acids is 1. The van der Waals surface area contributed by atoms with Crippen LogP contribution in [0.4, 0.5) is 0 Å². The molecule has 70 valence electrons. The van der Waals surface area contributed by atoms with Gasteiger partial charge in [-0.1, -0.05) is 0 Å². The summed E-state index contributed by atoms with van der Waals surface area (Å²) in [5.74, 6) is -1.77. The molecule has 0 atom stereocenters. The second-order valence-electron chi connectivity index (χ2n) is 3.20. The SMILES string of the molecule is CC[C]([Na])(CC)OC(=O)CC(=O)O. The number of carbonyl (C=O) groups is 2. The van der Waals surface area contributed by atoms with E-state index >= 15 is 0 Å². The fourth-order valence-electron chi connectivity index (χ4n) is 0.829. The predicted octanol–water partition coefficient (Wildman–Crippen LogP) is 0.689. The van der Waals surface area contributed by atoms with Gasteiger partial charge in [0.15, 0.2) is 0 Å². The molecule has 0 saturated carbocycles. The van der Waals surface area contributed by atoms with Crippen molar-refractivity contribution in [1.82, 2.24) is 0 Å². The number of esters is 1. The molecule has 0 aromatic carbocycles. The van der Waals surface area contributed by atoms with Crippen LogP contribution >= 0.6 is 0 Å². The van der Waals surface area contributed by atoms with Crippen molar-refractivity contribution in [2.45, 2.75) is 36.0 Å². The van der Waals surface area contributed by atoms with E-state index in [-0.39, 0.29) is 2.85 Å². The molecule has 0 fully saturated rings. The minimum atomic E-state index is -1.14. The number of ether oxygens (including phenoxy) is 1. The van der Waals surface area contributed by atoms with Gasteiger partial charge in [-0.25, -0.2) is 0 Å². The van der Waals surface area contributed by atoms with Gasteiger partial charge < -0.3 is 0 Å². The Labute approximate surface area is 95.1 Å². The van der Waals surface area contributed by atoms with E-state index in [9.17, 15) is 9.59 Å². The van der Waals surface area contributed by atoms with E-state index in [1.807, 2.05) is 13.8 Å². The molecule has 0 bridgehead atoms. The Hall–Kier alpha value is -0.0600. The van der Waals surface area contributed by atoms with Crippen molar-refractivity contribution in [2.75, 3.05) is 0 Å². The first-order valence-corrected chi connectivity index (χ1v) is 5.37. The van der Waals surface area contributed by atoms with Gasteiger partial charge in [0, 0.05) is 0 Å². The van der Waals surface area contributed by atoms with Crippen LogP contribution in [0.15, 0.2) is 0 Å². The Balaban J connectivity index is 4.09. The molecule has 0 amide bonds. The summed E-state index contributed by atoms with van der Waals surface area (Å²) in [7, 11) is 0. The molecule has 0 aliphatic heterocycles. The zero-order chi connectivity index (χ0) is 10.5. The Morgan fingerprint density at radius 1 is 1.38 bits per heavy atom. The second-order valence-corrected chi connectivity index (χ2v) is 5.02. The number of carbonyl (C=O) groups excluding carboxylic acids is 1. The first-order chi connectivity index (χ1) is 5.93. The number of hydrogen-bond acceptors (Lipinski definition) is 3. The molecule has 1 N–H and O–H groups in total. The van der Waals surface area contributed by atoms with Crippen molar-refractivity contribution < 1.29 is 19.4 Å². The Kier molecular flexibility index (Phi) is 5.60. The van der Waals surface area contributed by atoms with Crippen LogP contribution in [0.3, 0.4) is 0 Å². The molecule has 0 heterocycles. The third-order valence-corrected chi connectivity index (χ3v) is 3.77. The predicted molar refractivity (Wildman–Crippen MR) is 47.4 cm³/mol. The topological polar surface area (TPSA) is 63.6 Å². The average Bonchev–Trinajstić information content (AvgIpc) is 2.02. The zero-order valence-corrected chi connectivity index (χ0v) is 10.3. The van der Waals surface area contributed by atoms with Gasteiger partial charge in [0.05, 0.1) is 0 Å². The molecular formula is C8H13NaO4. The van der Waals surface area contributed by atoms with Crippen molar-refractivity contribution >= 4 is 39.9 Å². The van der Waals surface area contributed by atoms with Crippen LogP contribution in [0, 0.1) is 0 Å². The summed E-state index contributed by atoms with van der Waals surface area (Å²) in [6.07, 6.45) is 0.964. The Morgan fingerprint density at radius 2 is 1.85 bits per heavy atom. The first-order valence-electron chi connectivity index (χ1n) is 4.37. The number of aliphatic carboxylic acids is 1. The average molecular weight is 196 g/mol. The normalized spacial score (nSPS) is 11.1. The molecule has 0 rings (SSSR count). The van der Waals surface area contributed by atoms with Crippen LogP contribution in [-0.2, 0) is 14.3 Å². The van der Waals surface area contributed by atoms with Crippen LogP contribution in [0.5, 0.6) is 0 Å². The summed E-state index contributed by atoms with van der Waals surface area (Å²) in [6, 6.07) is 0. The molecule has 0 aliphatic carbocycles. The van der Waals surface area contributed by atoms with Crippen LogP contribution in [0.25, 0.3) is 0 Å². The van der Waals surface area contributed by atoms with Gasteiger partial charge in [0.1, 0.15) is 0 Å². The van der Waals surface area contributed by atoms with Crippen molar-refractivity contribution in [3.63, 3.8) is 0 Å². The maximum absolute atomic E-state index is 11.0.